The van der Waals surface area contributed by atoms with Crippen LogP contribution < -0.4 is 5.32 Å². The molecule has 0 aromatic carbocycles. The highest BCUT2D eigenvalue weighted by Crippen LogP contribution is 2.47. The summed E-state index contributed by atoms with van der Waals surface area (Å²) in [5, 5.41) is 12.4. The Balaban J connectivity index is 1.73. The van der Waals surface area contributed by atoms with E-state index in [4.69, 9.17) is 5.11 Å². The van der Waals surface area contributed by atoms with Crippen LogP contribution >= 0.6 is 0 Å². The van der Waals surface area contributed by atoms with Crippen LogP contribution in [-0.2, 0) is 0 Å². The molecule has 0 bridgehead atoms. The molecule has 0 spiro atoms. The van der Waals surface area contributed by atoms with Crippen molar-refractivity contribution in [2.45, 2.75) is 38.5 Å². The molecular formula is C11H20N2O. The lowest BCUT2D eigenvalue weighted by Gasteiger charge is -2.18. The van der Waals surface area contributed by atoms with Crippen LogP contribution in [0.4, 0.5) is 0 Å². The third-order valence-electron chi connectivity index (χ3n) is 3.39. The maximum Gasteiger partial charge on any atom is 0.0963 e. The van der Waals surface area contributed by atoms with Gasteiger partial charge in [-0.3, -0.25) is 4.99 Å². The van der Waals surface area contributed by atoms with Gasteiger partial charge in [0, 0.05) is 26.1 Å². The number of hydrogen-bond donors (Lipinski definition) is 2. The molecule has 0 saturated heterocycles. The Morgan fingerprint density at radius 2 is 2.21 bits per heavy atom. The molecule has 1 aliphatic heterocycles. The first-order valence-electron chi connectivity index (χ1n) is 5.73. The Morgan fingerprint density at radius 3 is 2.79 bits per heavy atom. The van der Waals surface area contributed by atoms with Crippen LogP contribution in [0.2, 0.25) is 0 Å². The van der Waals surface area contributed by atoms with Gasteiger partial charge in [-0.15, -0.1) is 0 Å². The second-order valence-electron chi connectivity index (χ2n) is 4.61. The summed E-state index contributed by atoms with van der Waals surface area (Å²) in [6, 6.07) is 0. The van der Waals surface area contributed by atoms with Crippen molar-refractivity contribution in [3.8, 4) is 0 Å². The van der Waals surface area contributed by atoms with Crippen molar-refractivity contribution in [2.75, 3.05) is 19.7 Å². The van der Waals surface area contributed by atoms with E-state index in [1.165, 1.54) is 31.5 Å². The molecule has 3 nitrogen and oxygen atoms in total. The average molecular weight is 196 g/mol. The molecule has 80 valence electrons. The number of nitrogens with one attached hydrogen (secondary N) is 1. The molecule has 0 aromatic heterocycles. The van der Waals surface area contributed by atoms with Gasteiger partial charge in [0.2, 0.25) is 0 Å². The van der Waals surface area contributed by atoms with Crippen LogP contribution in [0.25, 0.3) is 0 Å². The van der Waals surface area contributed by atoms with E-state index in [2.05, 4.69) is 10.3 Å². The van der Waals surface area contributed by atoms with Gasteiger partial charge < -0.3 is 10.4 Å². The van der Waals surface area contributed by atoms with E-state index in [0.717, 1.165) is 25.9 Å². The van der Waals surface area contributed by atoms with Crippen molar-refractivity contribution >= 4 is 5.84 Å². The van der Waals surface area contributed by atoms with Gasteiger partial charge in [-0.25, -0.2) is 0 Å². The number of rotatable bonds is 4. The standard InChI is InChI=1S/C11H20N2O/c14-8-6-11(4-5-11)9-13-10-3-1-2-7-12-10/h14H,1-9H2,(H,12,13). The van der Waals surface area contributed by atoms with Crippen LogP contribution in [0.1, 0.15) is 38.5 Å². The van der Waals surface area contributed by atoms with Gasteiger partial charge in [-0.05, 0) is 37.5 Å². The summed E-state index contributed by atoms with van der Waals surface area (Å²) in [6.07, 6.45) is 7.13. The summed E-state index contributed by atoms with van der Waals surface area (Å²) in [7, 11) is 0. The molecule has 3 heteroatoms. The van der Waals surface area contributed by atoms with Gasteiger partial charge in [-0.1, -0.05) is 0 Å². The summed E-state index contributed by atoms with van der Waals surface area (Å²) < 4.78 is 0. The molecular weight excluding hydrogens is 176 g/mol. The molecule has 2 rings (SSSR count). The molecule has 14 heavy (non-hydrogen) atoms. The van der Waals surface area contributed by atoms with E-state index in [9.17, 15) is 0 Å². The van der Waals surface area contributed by atoms with Crippen LogP contribution in [0.3, 0.4) is 0 Å². The third kappa shape index (κ3) is 2.47. The number of aliphatic hydroxyl groups excluding tert-OH is 1. The van der Waals surface area contributed by atoms with E-state index in [1.807, 2.05) is 0 Å². The number of amidine groups is 1. The molecule has 0 radical (unpaired) electrons. The fraction of sp³-hybridized carbons (Fsp3) is 0.909. The fourth-order valence-electron chi connectivity index (χ4n) is 2.06. The highest BCUT2D eigenvalue weighted by molar-refractivity contribution is 5.82. The van der Waals surface area contributed by atoms with Crippen LogP contribution in [0.5, 0.6) is 0 Å². The van der Waals surface area contributed by atoms with Gasteiger partial charge in [-0.2, -0.15) is 0 Å². The molecule has 1 fully saturated rings. The average Bonchev–Trinajstić information content (AvgIpc) is 2.98. The molecule has 1 heterocycles. The van der Waals surface area contributed by atoms with Crippen LogP contribution in [0.15, 0.2) is 4.99 Å². The molecule has 2 N–H and O–H groups in total. The molecule has 0 aromatic rings. The SMILES string of the molecule is OCCC1(CNC2=NCCCC2)CC1. The zero-order chi connectivity index (χ0) is 9.86. The Kier molecular flexibility index (Phi) is 3.06. The number of aliphatic hydroxyl groups is 1. The Hall–Kier alpha value is -0.570. The molecule has 0 unspecified atom stereocenters. The minimum atomic E-state index is 0.328. The van der Waals surface area contributed by atoms with Crippen molar-refractivity contribution in [1.82, 2.24) is 5.32 Å². The first kappa shape index (κ1) is 9.97. The zero-order valence-electron chi connectivity index (χ0n) is 8.76. The molecule has 2 aliphatic rings. The van der Waals surface area contributed by atoms with Gasteiger partial charge in [0.25, 0.3) is 0 Å². The largest absolute Gasteiger partial charge is 0.396 e. The summed E-state index contributed by atoms with van der Waals surface area (Å²) >= 11 is 0. The second-order valence-corrected chi connectivity index (χ2v) is 4.61. The number of nitrogens with zero attached hydrogens (tertiary/aromatic N) is 1. The van der Waals surface area contributed by atoms with E-state index < -0.39 is 0 Å². The van der Waals surface area contributed by atoms with Crippen molar-refractivity contribution < 1.29 is 5.11 Å². The predicted molar refractivity (Wildman–Crippen MR) is 57.5 cm³/mol. The first-order chi connectivity index (χ1) is 6.85. The Bertz CT molecular complexity index is 221. The van der Waals surface area contributed by atoms with E-state index >= 15 is 0 Å². The minimum absolute atomic E-state index is 0.328. The van der Waals surface area contributed by atoms with Crippen LogP contribution in [-0.4, -0.2) is 30.6 Å². The topological polar surface area (TPSA) is 44.6 Å². The van der Waals surface area contributed by atoms with Gasteiger partial charge in [0.05, 0.1) is 5.84 Å². The monoisotopic (exact) mass is 196 g/mol. The predicted octanol–water partition coefficient (Wildman–Crippen LogP) is 1.32. The smallest absolute Gasteiger partial charge is 0.0963 e. The van der Waals surface area contributed by atoms with Crippen molar-refractivity contribution in [1.29, 1.82) is 0 Å². The second kappa shape index (κ2) is 4.30. The number of hydrogen-bond acceptors (Lipinski definition) is 3. The molecule has 0 amide bonds. The maximum absolute atomic E-state index is 8.92. The van der Waals surface area contributed by atoms with Gasteiger partial charge >= 0.3 is 0 Å². The Morgan fingerprint density at radius 1 is 1.36 bits per heavy atom. The number of aliphatic imine (C=N–C) groups is 1. The highest BCUT2D eigenvalue weighted by Gasteiger charge is 2.41. The van der Waals surface area contributed by atoms with Gasteiger partial charge in [0.15, 0.2) is 0 Å². The Labute approximate surface area is 85.6 Å². The molecule has 1 aliphatic carbocycles. The van der Waals surface area contributed by atoms with E-state index in [-0.39, 0.29) is 0 Å². The lowest BCUT2D eigenvalue weighted by molar-refractivity contribution is 0.248. The quantitative estimate of drug-likeness (QED) is 0.712. The van der Waals surface area contributed by atoms with Crippen molar-refractivity contribution in [3.05, 3.63) is 0 Å². The van der Waals surface area contributed by atoms with Crippen molar-refractivity contribution in [2.24, 2.45) is 10.4 Å². The van der Waals surface area contributed by atoms with Crippen molar-refractivity contribution in [3.63, 3.8) is 0 Å². The van der Waals surface area contributed by atoms with E-state index in [1.54, 1.807) is 0 Å². The third-order valence-corrected chi connectivity index (χ3v) is 3.39. The maximum atomic E-state index is 8.92. The summed E-state index contributed by atoms with van der Waals surface area (Å²) in [6.45, 7) is 2.34. The molecule has 0 atom stereocenters. The lowest BCUT2D eigenvalue weighted by atomic mass is 10.0. The minimum Gasteiger partial charge on any atom is -0.396 e. The summed E-state index contributed by atoms with van der Waals surface area (Å²) in [4.78, 5) is 4.46. The zero-order valence-corrected chi connectivity index (χ0v) is 8.76. The van der Waals surface area contributed by atoms with Crippen LogP contribution in [0, 0.1) is 5.41 Å². The molecule has 1 saturated carbocycles. The summed E-state index contributed by atoms with van der Waals surface area (Å²) in [5.41, 5.74) is 0.411. The lowest BCUT2D eigenvalue weighted by Crippen LogP contribution is -2.32. The normalized spacial score (nSPS) is 24.2. The summed E-state index contributed by atoms with van der Waals surface area (Å²) in [5.74, 6) is 1.19. The first-order valence-corrected chi connectivity index (χ1v) is 5.73. The highest BCUT2D eigenvalue weighted by atomic mass is 16.3. The van der Waals surface area contributed by atoms with E-state index in [0.29, 0.717) is 12.0 Å². The fourth-order valence-corrected chi connectivity index (χ4v) is 2.06. The van der Waals surface area contributed by atoms with Gasteiger partial charge in [0.1, 0.15) is 0 Å².